The number of aromatic nitrogens is 1. The molecule has 2 aromatic carbocycles. The van der Waals surface area contributed by atoms with Gasteiger partial charge < -0.3 is 0 Å². The lowest BCUT2D eigenvalue weighted by Gasteiger charge is -1.96. The minimum Gasteiger partial charge on any atom is -0.211 e. The number of fused-ring (bicyclic) bond motifs is 2. The first-order chi connectivity index (χ1) is 6.93. The van der Waals surface area contributed by atoms with E-state index in [4.69, 9.17) is 0 Å². The fourth-order valence-electron chi connectivity index (χ4n) is 1.81. The molecule has 14 heavy (non-hydrogen) atoms. The molecule has 0 saturated carbocycles. The molecular formula is C13H10N+. The lowest BCUT2D eigenvalue weighted by molar-refractivity contribution is -0.344. The third kappa shape index (κ3) is 1.06. The number of hydrogen-bond donors (Lipinski definition) is 0. The summed E-state index contributed by atoms with van der Waals surface area (Å²) in [4.78, 5) is 3.24. The van der Waals surface area contributed by atoms with E-state index in [9.17, 15) is 0 Å². The average Bonchev–Trinajstić information content (AvgIpc) is 2.26. The number of nitrogens with one attached hydrogen (secondary N) is 1. The maximum Gasteiger partial charge on any atom is 0.211 e. The van der Waals surface area contributed by atoms with E-state index in [0.29, 0.717) is 0 Å². The topological polar surface area (TPSA) is 14.1 Å². The van der Waals surface area contributed by atoms with Crippen LogP contribution in [0.2, 0.25) is 0 Å². The van der Waals surface area contributed by atoms with Crippen molar-refractivity contribution in [3.63, 3.8) is 0 Å². The van der Waals surface area contributed by atoms with Crippen LogP contribution in [0.5, 0.6) is 0 Å². The Hall–Kier alpha value is -1.89. The number of pyridine rings is 1. The second-order valence-electron chi connectivity index (χ2n) is 3.46. The first kappa shape index (κ1) is 7.51. The third-order valence-electron chi connectivity index (χ3n) is 2.53. The van der Waals surface area contributed by atoms with Crippen LogP contribution in [-0.2, 0) is 0 Å². The minimum absolute atomic E-state index is 1.19. The van der Waals surface area contributed by atoms with Crippen molar-refractivity contribution in [1.29, 1.82) is 0 Å². The van der Waals surface area contributed by atoms with E-state index in [0.717, 1.165) is 0 Å². The van der Waals surface area contributed by atoms with Crippen LogP contribution >= 0.6 is 0 Å². The molecule has 0 aliphatic carbocycles. The molecule has 0 bridgehead atoms. The van der Waals surface area contributed by atoms with E-state index >= 15 is 0 Å². The van der Waals surface area contributed by atoms with Gasteiger partial charge in [-0.05, 0) is 22.9 Å². The molecule has 0 saturated heterocycles. The Morgan fingerprint density at radius 2 is 1.43 bits per heavy atom. The van der Waals surface area contributed by atoms with Crippen molar-refractivity contribution in [2.75, 3.05) is 0 Å². The zero-order valence-corrected chi connectivity index (χ0v) is 7.70. The van der Waals surface area contributed by atoms with E-state index in [-0.39, 0.29) is 0 Å². The number of aromatic amines is 1. The van der Waals surface area contributed by atoms with Crippen molar-refractivity contribution in [3.8, 4) is 0 Å². The van der Waals surface area contributed by atoms with Crippen LogP contribution in [0, 0.1) is 0 Å². The van der Waals surface area contributed by atoms with Gasteiger partial charge in [0.2, 0.25) is 5.52 Å². The van der Waals surface area contributed by atoms with Gasteiger partial charge in [0, 0.05) is 17.5 Å². The van der Waals surface area contributed by atoms with Gasteiger partial charge in [-0.3, -0.25) is 0 Å². The van der Waals surface area contributed by atoms with Crippen LogP contribution in [0.15, 0.2) is 54.7 Å². The van der Waals surface area contributed by atoms with Gasteiger partial charge in [-0.2, -0.15) is 0 Å². The Kier molecular flexibility index (Phi) is 1.51. The van der Waals surface area contributed by atoms with Crippen LogP contribution in [-0.4, -0.2) is 0 Å². The van der Waals surface area contributed by atoms with Gasteiger partial charge in [0.25, 0.3) is 0 Å². The van der Waals surface area contributed by atoms with E-state index in [1.54, 1.807) is 0 Å². The highest BCUT2D eigenvalue weighted by Crippen LogP contribution is 2.19. The summed E-state index contributed by atoms with van der Waals surface area (Å²) in [5, 5.41) is 3.83. The summed E-state index contributed by atoms with van der Waals surface area (Å²) in [5.41, 5.74) is 1.19. The minimum atomic E-state index is 1.19. The zero-order chi connectivity index (χ0) is 9.38. The standard InChI is InChI=1S/C13H9N/c1-2-5-11-9-13-12(6-3-7-14-13)8-10(11)4-1/h1-9H/p+1. The molecule has 1 heteroatoms. The van der Waals surface area contributed by atoms with Crippen molar-refractivity contribution in [3.05, 3.63) is 54.7 Å². The number of rotatable bonds is 0. The van der Waals surface area contributed by atoms with Gasteiger partial charge in [0.15, 0.2) is 6.20 Å². The van der Waals surface area contributed by atoms with E-state index in [2.05, 4.69) is 47.4 Å². The average molecular weight is 180 g/mol. The maximum atomic E-state index is 3.24. The first-order valence-corrected chi connectivity index (χ1v) is 4.73. The molecule has 0 amide bonds. The highest BCUT2D eigenvalue weighted by Gasteiger charge is 2.00. The highest BCUT2D eigenvalue weighted by molar-refractivity contribution is 5.94. The Balaban J connectivity index is 2.52. The summed E-state index contributed by atoms with van der Waals surface area (Å²) in [6.45, 7) is 0. The smallest absolute Gasteiger partial charge is 0.211 e. The predicted molar refractivity (Wildman–Crippen MR) is 58.0 cm³/mol. The molecule has 0 unspecified atom stereocenters. The molecule has 0 atom stereocenters. The lowest BCUT2D eigenvalue weighted by atomic mass is 10.1. The van der Waals surface area contributed by atoms with Crippen LogP contribution in [0.25, 0.3) is 21.7 Å². The summed E-state index contributed by atoms with van der Waals surface area (Å²) in [7, 11) is 0. The Morgan fingerprint density at radius 1 is 0.714 bits per heavy atom. The molecule has 0 fully saturated rings. The molecule has 66 valence electrons. The molecule has 0 radical (unpaired) electrons. The van der Waals surface area contributed by atoms with E-state index in [1.807, 2.05) is 12.3 Å². The summed E-state index contributed by atoms with van der Waals surface area (Å²) in [6, 6.07) is 17.0. The zero-order valence-electron chi connectivity index (χ0n) is 7.70. The van der Waals surface area contributed by atoms with Crippen molar-refractivity contribution in [2.45, 2.75) is 0 Å². The predicted octanol–water partition coefficient (Wildman–Crippen LogP) is 2.81. The molecule has 1 N–H and O–H groups in total. The molecule has 0 aliphatic heterocycles. The maximum absolute atomic E-state index is 3.24. The van der Waals surface area contributed by atoms with Crippen molar-refractivity contribution in [2.24, 2.45) is 0 Å². The van der Waals surface area contributed by atoms with Crippen molar-refractivity contribution < 1.29 is 4.98 Å². The second-order valence-corrected chi connectivity index (χ2v) is 3.46. The SMILES string of the molecule is c1ccc2cc3[nH+]cccc3cc2c1. The summed E-state index contributed by atoms with van der Waals surface area (Å²) < 4.78 is 0. The Bertz CT molecular complexity index is 494. The molecular weight excluding hydrogens is 170 g/mol. The van der Waals surface area contributed by atoms with Gasteiger partial charge in [-0.15, -0.1) is 0 Å². The van der Waals surface area contributed by atoms with Gasteiger partial charge in [-0.1, -0.05) is 24.3 Å². The van der Waals surface area contributed by atoms with Crippen LogP contribution in [0.4, 0.5) is 0 Å². The van der Waals surface area contributed by atoms with E-state index in [1.165, 1.54) is 21.7 Å². The quantitative estimate of drug-likeness (QED) is 0.472. The first-order valence-electron chi connectivity index (χ1n) is 4.73. The normalized spacial score (nSPS) is 10.9. The number of H-pyrrole nitrogens is 1. The Labute approximate surface area is 82.0 Å². The number of benzene rings is 2. The van der Waals surface area contributed by atoms with Gasteiger partial charge in [-0.25, -0.2) is 4.98 Å². The molecule has 1 aromatic heterocycles. The molecule has 3 aromatic rings. The van der Waals surface area contributed by atoms with Crippen LogP contribution in [0.1, 0.15) is 0 Å². The third-order valence-corrected chi connectivity index (χ3v) is 2.53. The molecule has 1 heterocycles. The Morgan fingerprint density at radius 3 is 2.29 bits per heavy atom. The summed E-state index contributed by atoms with van der Waals surface area (Å²) >= 11 is 0. The van der Waals surface area contributed by atoms with Crippen LogP contribution < -0.4 is 4.98 Å². The van der Waals surface area contributed by atoms with Crippen molar-refractivity contribution in [1.82, 2.24) is 0 Å². The number of hydrogen-bond acceptors (Lipinski definition) is 0. The lowest BCUT2D eigenvalue weighted by Crippen LogP contribution is -2.00. The van der Waals surface area contributed by atoms with Gasteiger partial charge >= 0.3 is 0 Å². The van der Waals surface area contributed by atoms with Crippen molar-refractivity contribution >= 4 is 21.7 Å². The fourth-order valence-corrected chi connectivity index (χ4v) is 1.81. The van der Waals surface area contributed by atoms with Gasteiger partial charge in [0.05, 0.1) is 0 Å². The summed E-state index contributed by atoms with van der Waals surface area (Å²) in [6.07, 6.45) is 1.96. The fraction of sp³-hybridized carbons (Fsp3) is 0. The molecule has 0 aliphatic rings. The van der Waals surface area contributed by atoms with Gasteiger partial charge in [0.1, 0.15) is 0 Å². The molecule has 3 rings (SSSR count). The largest absolute Gasteiger partial charge is 0.211 e. The van der Waals surface area contributed by atoms with E-state index < -0.39 is 0 Å². The summed E-state index contributed by atoms with van der Waals surface area (Å²) in [5.74, 6) is 0. The molecule has 1 nitrogen and oxygen atoms in total. The van der Waals surface area contributed by atoms with Crippen LogP contribution in [0.3, 0.4) is 0 Å². The second kappa shape index (κ2) is 2.81. The molecule has 0 spiro atoms. The highest BCUT2D eigenvalue weighted by atomic mass is 14.6. The monoisotopic (exact) mass is 180 g/mol.